The average molecular weight is 329 g/mol. The summed E-state index contributed by atoms with van der Waals surface area (Å²) in [7, 11) is -1.08. The molecule has 1 unspecified atom stereocenters. The van der Waals surface area contributed by atoms with E-state index in [1.54, 1.807) is 18.7 Å². The summed E-state index contributed by atoms with van der Waals surface area (Å²) in [5, 5.41) is 2.79. The van der Waals surface area contributed by atoms with Crippen LogP contribution >= 0.6 is 11.8 Å². The van der Waals surface area contributed by atoms with Gasteiger partial charge in [0.05, 0.1) is 0 Å². The van der Waals surface area contributed by atoms with E-state index in [1.807, 2.05) is 7.05 Å². The van der Waals surface area contributed by atoms with Crippen LogP contribution in [0.1, 0.15) is 18.1 Å². The average Bonchev–Trinajstić information content (AvgIpc) is 2.50. The lowest BCUT2D eigenvalue weighted by atomic mass is 10.1. The van der Waals surface area contributed by atoms with Gasteiger partial charge in [-0.15, -0.1) is 0 Å². The van der Waals surface area contributed by atoms with E-state index < -0.39 is 9.84 Å². The van der Waals surface area contributed by atoms with Crippen LogP contribution in [0.15, 0.2) is 24.3 Å². The molecule has 0 saturated carbocycles. The first kappa shape index (κ1) is 16.8. The Morgan fingerprint density at radius 3 is 2.57 bits per heavy atom. The molecule has 1 aliphatic rings. The lowest BCUT2D eigenvalue weighted by Gasteiger charge is -2.34. The van der Waals surface area contributed by atoms with Crippen molar-refractivity contribution in [3.63, 3.8) is 0 Å². The van der Waals surface area contributed by atoms with Crippen molar-refractivity contribution in [3.05, 3.63) is 35.4 Å². The predicted molar refractivity (Wildman–Crippen MR) is 90.2 cm³/mol. The SMILES string of the molecule is CCS(=O)(=O)C1CSCCN1Cc1ccc(CNC)cc1. The molecule has 6 heteroatoms. The smallest absolute Gasteiger partial charge is 0.166 e. The molecule has 1 aromatic carbocycles. The lowest BCUT2D eigenvalue weighted by molar-refractivity contribution is 0.261. The Bertz CT molecular complexity index is 543. The van der Waals surface area contributed by atoms with Gasteiger partial charge in [0.15, 0.2) is 9.84 Å². The van der Waals surface area contributed by atoms with E-state index in [-0.39, 0.29) is 11.1 Å². The topological polar surface area (TPSA) is 49.4 Å². The Labute approximate surface area is 132 Å². The summed E-state index contributed by atoms with van der Waals surface area (Å²) in [5.41, 5.74) is 2.42. The third-order valence-corrected chi connectivity index (χ3v) is 7.13. The molecule has 21 heavy (non-hydrogen) atoms. The minimum atomic E-state index is -3.01. The van der Waals surface area contributed by atoms with Gasteiger partial charge in [-0.25, -0.2) is 8.42 Å². The molecule has 0 radical (unpaired) electrons. The number of hydrogen-bond acceptors (Lipinski definition) is 5. The monoisotopic (exact) mass is 328 g/mol. The first-order chi connectivity index (χ1) is 10.1. The standard InChI is InChI=1S/C15H24N2O2S2/c1-3-21(18,19)15-12-20-9-8-17(15)11-14-6-4-13(5-7-14)10-16-2/h4-7,15-16H,3,8-12H2,1-2H3. The maximum atomic E-state index is 12.2. The largest absolute Gasteiger partial charge is 0.316 e. The summed E-state index contributed by atoms with van der Waals surface area (Å²) in [6.07, 6.45) is 0. The fourth-order valence-electron chi connectivity index (χ4n) is 2.52. The Hall–Kier alpha value is -0.560. The highest BCUT2D eigenvalue weighted by Crippen LogP contribution is 2.23. The molecule has 0 bridgehead atoms. The normalized spacial score (nSPS) is 20.6. The van der Waals surface area contributed by atoms with Gasteiger partial charge in [-0.05, 0) is 18.2 Å². The van der Waals surface area contributed by atoms with Crippen molar-refractivity contribution in [1.82, 2.24) is 10.2 Å². The third kappa shape index (κ3) is 4.45. The van der Waals surface area contributed by atoms with Crippen LogP contribution in [0.2, 0.25) is 0 Å². The Kier molecular flexibility index (Phi) is 6.10. The van der Waals surface area contributed by atoms with Crippen molar-refractivity contribution in [3.8, 4) is 0 Å². The van der Waals surface area contributed by atoms with Gasteiger partial charge in [-0.1, -0.05) is 31.2 Å². The molecule has 1 saturated heterocycles. The second kappa shape index (κ2) is 7.63. The minimum absolute atomic E-state index is 0.218. The fourth-order valence-corrected chi connectivity index (χ4v) is 5.60. The summed E-state index contributed by atoms with van der Waals surface area (Å²) in [5.74, 6) is 1.91. The fraction of sp³-hybridized carbons (Fsp3) is 0.600. The molecule has 1 fully saturated rings. The van der Waals surface area contributed by atoms with Gasteiger partial charge in [0.25, 0.3) is 0 Å². The van der Waals surface area contributed by atoms with Gasteiger partial charge in [0.2, 0.25) is 0 Å². The summed E-state index contributed by atoms with van der Waals surface area (Å²) in [4.78, 5) is 2.11. The van der Waals surface area contributed by atoms with Crippen LogP contribution in [-0.2, 0) is 22.9 Å². The number of nitrogens with one attached hydrogen (secondary N) is 1. The van der Waals surface area contributed by atoms with Crippen LogP contribution in [0.3, 0.4) is 0 Å². The molecule has 0 spiro atoms. The van der Waals surface area contributed by atoms with Crippen LogP contribution in [0.4, 0.5) is 0 Å². The van der Waals surface area contributed by atoms with Gasteiger partial charge in [0.1, 0.15) is 5.37 Å². The van der Waals surface area contributed by atoms with Crippen molar-refractivity contribution in [2.75, 3.05) is 30.9 Å². The van der Waals surface area contributed by atoms with Gasteiger partial charge in [0, 0.05) is 36.9 Å². The maximum Gasteiger partial charge on any atom is 0.166 e. The molecule has 1 heterocycles. The number of thioether (sulfide) groups is 1. The van der Waals surface area contributed by atoms with Crippen LogP contribution in [0, 0.1) is 0 Å². The second-order valence-electron chi connectivity index (χ2n) is 5.30. The zero-order valence-electron chi connectivity index (χ0n) is 12.7. The maximum absolute atomic E-state index is 12.2. The summed E-state index contributed by atoms with van der Waals surface area (Å²) in [6.45, 7) is 4.14. The summed E-state index contributed by atoms with van der Waals surface area (Å²) < 4.78 is 24.5. The quantitative estimate of drug-likeness (QED) is 0.862. The summed E-state index contributed by atoms with van der Waals surface area (Å²) >= 11 is 1.74. The number of nitrogens with zero attached hydrogens (tertiary/aromatic N) is 1. The molecule has 1 N–H and O–H groups in total. The Morgan fingerprint density at radius 2 is 1.95 bits per heavy atom. The molecule has 1 aromatic rings. The van der Waals surface area contributed by atoms with E-state index in [1.165, 1.54) is 11.1 Å². The van der Waals surface area contributed by atoms with Crippen LogP contribution in [0.25, 0.3) is 0 Å². The van der Waals surface area contributed by atoms with E-state index in [0.29, 0.717) is 12.3 Å². The second-order valence-corrected chi connectivity index (χ2v) is 8.90. The molecular weight excluding hydrogens is 304 g/mol. The van der Waals surface area contributed by atoms with Crippen LogP contribution in [0.5, 0.6) is 0 Å². The van der Waals surface area contributed by atoms with Crippen molar-refractivity contribution < 1.29 is 8.42 Å². The van der Waals surface area contributed by atoms with E-state index in [4.69, 9.17) is 0 Å². The van der Waals surface area contributed by atoms with Crippen LogP contribution in [-0.4, -0.2) is 49.5 Å². The van der Waals surface area contributed by atoms with Gasteiger partial charge in [-0.3, -0.25) is 4.90 Å². The zero-order valence-corrected chi connectivity index (χ0v) is 14.3. The number of hydrogen-bond donors (Lipinski definition) is 1. The first-order valence-electron chi connectivity index (χ1n) is 7.32. The van der Waals surface area contributed by atoms with Gasteiger partial charge in [-0.2, -0.15) is 11.8 Å². The van der Waals surface area contributed by atoms with Crippen molar-refractivity contribution in [2.24, 2.45) is 0 Å². The third-order valence-electron chi connectivity index (χ3n) is 3.80. The molecule has 1 atom stereocenters. The van der Waals surface area contributed by atoms with Crippen molar-refractivity contribution in [2.45, 2.75) is 25.4 Å². The highest BCUT2D eigenvalue weighted by atomic mass is 32.2. The first-order valence-corrected chi connectivity index (χ1v) is 10.2. The van der Waals surface area contributed by atoms with E-state index in [9.17, 15) is 8.42 Å². The molecule has 0 amide bonds. The Balaban J connectivity index is 2.08. The van der Waals surface area contributed by atoms with E-state index in [0.717, 1.165) is 18.8 Å². The van der Waals surface area contributed by atoms with Gasteiger partial charge >= 0.3 is 0 Å². The van der Waals surface area contributed by atoms with Crippen LogP contribution < -0.4 is 5.32 Å². The summed E-state index contributed by atoms with van der Waals surface area (Å²) in [6, 6.07) is 8.41. The molecular formula is C15H24N2O2S2. The van der Waals surface area contributed by atoms with E-state index >= 15 is 0 Å². The van der Waals surface area contributed by atoms with Gasteiger partial charge < -0.3 is 5.32 Å². The highest BCUT2D eigenvalue weighted by molar-refractivity contribution is 8.01. The number of sulfone groups is 1. The molecule has 4 nitrogen and oxygen atoms in total. The number of benzene rings is 1. The molecule has 1 aliphatic heterocycles. The minimum Gasteiger partial charge on any atom is -0.316 e. The Morgan fingerprint density at radius 1 is 1.29 bits per heavy atom. The predicted octanol–water partition coefficient (Wildman–Crippen LogP) is 1.72. The van der Waals surface area contributed by atoms with Crippen molar-refractivity contribution >= 4 is 21.6 Å². The van der Waals surface area contributed by atoms with E-state index in [2.05, 4.69) is 34.5 Å². The molecule has 0 aromatic heterocycles. The van der Waals surface area contributed by atoms with Crippen molar-refractivity contribution in [1.29, 1.82) is 0 Å². The molecule has 2 rings (SSSR count). The lowest BCUT2D eigenvalue weighted by Crippen LogP contribution is -2.47. The zero-order chi connectivity index (χ0) is 15.3. The number of rotatable bonds is 6. The molecule has 118 valence electrons. The highest BCUT2D eigenvalue weighted by Gasteiger charge is 2.32. The molecule has 0 aliphatic carbocycles.